The van der Waals surface area contributed by atoms with Gasteiger partial charge in [0.2, 0.25) is 0 Å². The smallest absolute Gasteiger partial charge is 0.380 e. The van der Waals surface area contributed by atoms with E-state index in [1.165, 1.54) is 12.1 Å². The average Bonchev–Trinajstić information content (AvgIpc) is 2.55. The van der Waals surface area contributed by atoms with E-state index in [9.17, 15) is 37.6 Å². The van der Waals surface area contributed by atoms with Gasteiger partial charge in [0.15, 0.2) is 0 Å². The van der Waals surface area contributed by atoms with Crippen molar-refractivity contribution >= 4 is 17.3 Å². The molecule has 27 heavy (non-hydrogen) atoms. The lowest BCUT2D eigenvalue weighted by Gasteiger charge is -2.22. The minimum Gasteiger partial charge on any atom is -0.380 e. The molecule has 1 amide bonds. The van der Waals surface area contributed by atoms with Crippen LogP contribution in [0.3, 0.4) is 0 Å². The third-order valence-corrected chi connectivity index (χ3v) is 3.71. The lowest BCUT2D eigenvalue weighted by Crippen LogP contribution is -2.42. The number of carbonyl (C=O) groups excluding carboxylic acids is 1. The molecule has 6 nitrogen and oxygen atoms in total. The molecule has 0 aliphatic rings. The van der Waals surface area contributed by atoms with Gasteiger partial charge in [-0.2, -0.15) is 13.2 Å². The van der Waals surface area contributed by atoms with Crippen LogP contribution in [0.5, 0.6) is 0 Å². The van der Waals surface area contributed by atoms with Crippen LogP contribution in [0.2, 0.25) is 0 Å². The van der Waals surface area contributed by atoms with Crippen molar-refractivity contribution in [3.8, 4) is 0 Å². The monoisotopic (exact) mass is 386 g/mol. The van der Waals surface area contributed by atoms with Crippen molar-refractivity contribution in [1.29, 1.82) is 0 Å². The third-order valence-electron chi connectivity index (χ3n) is 3.71. The van der Waals surface area contributed by atoms with E-state index in [0.29, 0.717) is 17.7 Å². The molecule has 0 bridgehead atoms. The van der Waals surface area contributed by atoms with Crippen LogP contribution in [0, 0.1) is 15.9 Å². The van der Waals surface area contributed by atoms with Crippen LogP contribution < -0.4 is 5.32 Å². The highest BCUT2D eigenvalue weighted by molar-refractivity contribution is 5.97. The highest BCUT2D eigenvalue weighted by atomic mass is 19.4. The number of rotatable bonds is 5. The Morgan fingerprint density at radius 3 is 2.30 bits per heavy atom. The number of nitro groups is 1. The van der Waals surface area contributed by atoms with Gasteiger partial charge in [-0.1, -0.05) is 12.1 Å². The second-order valence-electron chi connectivity index (χ2n) is 6.02. The van der Waals surface area contributed by atoms with Crippen molar-refractivity contribution in [3.63, 3.8) is 0 Å². The summed E-state index contributed by atoms with van der Waals surface area (Å²) < 4.78 is 51.9. The summed E-state index contributed by atoms with van der Waals surface area (Å²) in [5.74, 6) is -1.53. The van der Waals surface area contributed by atoms with E-state index in [1.54, 1.807) is 0 Å². The van der Waals surface area contributed by atoms with E-state index in [1.807, 2.05) is 0 Å². The fourth-order valence-corrected chi connectivity index (χ4v) is 2.35. The van der Waals surface area contributed by atoms with Crippen LogP contribution in [0.4, 0.5) is 28.9 Å². The predicted molar refractivity (Wildman–Crippen MR) is 87.5 cm³/mol. The maximum Gasteiger partial charge on any atom is 0.423 e. The zero-order valence-electron chi connectivity index (χ0n) is 13.9. The molecule has 2 N–H and O–H groups in total. The summed E-state index contributed by atoms with van der Waals surface area (Å²) >= 11 is 0. The van der Waals surface area contributed by atoms with E-state index in [2.05, 4.69) is 5.32 Å². The summed E-state index contributed by atoms with van der Waals surface area (Å²) in [6.45, 7) is 1.14. The van der Waals surface area contributed by atoms with Gasteiger partial charge in [-0.15, -0.1) is 0 Å². The Morgan fingerprint density at radius 2 is 1.78 bits per heavy atom. The first kappa shape index (κ1) is 20.3. The predicted octanol–water partition coefficient (Wildman–Crippen LogP) is 3.68. The molecule has 2 aromatic rings. The number of hydrogen-bond donors (Lipinski definition) is 2. The van der Waals surface area contributed by atoms with Crippen LogP contribution >= 0.6 is 0 Å². The van der Waals surface area contributed by atoms with Crippen molar-refractivity contribution in [2.45, 2.75) is 25.1 Å². The molecule has 1 atom stereocenters. The van der Waals surface area contributed by atoms with Gasteiger partial charge in [0.05, 0.1) is 4.92 Å². The Hall–Kier alpha value is -3.01. The van der Waals surface area contributed by atoms with Gasteiger partial charge in [-0.3, -0.25) is 14.9 Å². The maximum absolute atomic E-state index is 13.0. The Bertz CT molecular complexity index is 864. The second-order valence-corrected chi connectivity index (χ2v) is 6.02. The molecule has 0 aromatic heterocycles. The zero-order valence-corrected chi connectivity index (χ0v) is 13.9. The molecule has 0 heterocycles. The first-order valence-electron chi connectivity index (χ1n) is 7.54. The lowest BCUT2D eigenvalue weighted by molar-refractivity contribution is -0.388. The fraction of sp³-hybridized carbons (Fsp3) is 0.235. The number of alkyl halides is 3. The Kier molecular flexibility index (Phi) is 5.50. The molecule has 1 unspecified atom stereocenters. The number of nitro benzene ring substituents is 1. The molecule has 2 aromatic carbocycles. The molecule has 0 saturated heterocycles. The fourth-order valence-electron chi connectivity index (χ4n) is 2.35. The number of amides is 1. The molecule has 0 fully saturated rings. The molecule has 0 spiro atoms. The van der Waals surface area contributed by atoms with Crippen LogP contribution in [0.15, 0.2) is 42.5 Å². The van der Waals surface area contributed by atoms with E-state index < -0.39 is 39.7 Å². The summed E-state index contributed by atoms with van der Waals surface area (Å²) in [4.78, 5) is 21.8. The normalized spacial score (nSPS) is 13.7. The summed E-state index contributed by atoms with van der Waals surface area (Å²) in [5.41, 5.74) is -4.63. The number of anilines is 1. The van der Waals surface area contributed by atoms with E-state index in [-0.39, 0.29) is 12.1 Å². The van der Waals surface area contributed by atoms with E-state index in [4.69, 9.17) is 0 Å². The quantitative estimate of drug-likeness (QED) is 0.466. The van der Waals surface area contributed by atoms with Crippen LogP contribution in [-0.2, 0) is 17.4 Å². The van der Waals surface area contributed by atoms with Crippen molar-refractivity contribution in [2.75, 3.05) is 5.32 Å². The number of halogens is 4. The molecular weight excluding hydrogens is 372 g/mol. The van der Waals surface area contributed by atoms with E-state index >= 15 is 0 Å². The third kappa shape index (κ3) is 5.00. The lowest BCUT2D eigenvalue weighted by atomic mass is 9.95. The maximum atomic E-state index is 13.0. The first-order chi connectivity index (χ1) is 12.4. The van der Waals surface area contributed by atoms with Gasteiger partial charge in [-0.05, 0) is 36.8 Å². The minimum atomic E-state index is -5.00. The molecule has 0 radical (unpaired) electrons. The van der Waals surface area contributed by atoms with Gasteiger partial charge >= 0.3 is 6.18 Å². The van der Waals surface area contributed by atoms with Crippen molar-refractivity contribution in [1.82, 2.24) is 0 Å². The van der Waals surface area contributed by atoms with Gasteiger partial charge in [0.25, 0.3) is 11.6 Å². The largest absolute Gasteiger partial charge is 0.423 e. The molecular formula is C17H14F4N2O4. The van der Waals surface area contributed by atoms with E-state index in [0.717, 1.165) is 25.1 Å². The molecule has 0 aliphatic carbocycles. The number of hydrogen-bond acceptors (Lipinski definition) is 4. The standard InChI is InChI=1S/C17H14F4N2O4/c1-16(25,9-10-2-4-11(18)5-3-10)15(24)22-12-6-7-14(23(26)27)13(8-12)17(19,20)21/h2-8,25H,9H2,1H3,(H,22,24). The molecule has 0 aliphatic heterocycles. The number of nitrogens with zero attached hydrogens (tertiary/aromatic N) is 1. The highest BCUT2D eigenvalue weighted by Crippen LogP contribution is 2.37. The average molecular weight is 386 g/mol. The summed E-state index contributed by atoms with van der Waals surface area (Å²) in [6, 6.07) is 6.94. The molecule has 0 saturated carbocycles. The van der Waals surface area contributed by atoms with Gasteiger partial charge in [0.1, 0.15) is 17.0 Å². The number of aliphatic hydroxyl groups is 1. The van der Waals surface area contributed by atoms with Gasteiger partial charge in [-0.25, -0.2) is 4.39 Å². The Labute approximate surface area is 150 Å². The SMILES string of the molecule is CC(O)(Cc1ccc(F)cc1)C(=O)Nc1ccc([N+](=O)[O-])c(C(F)(F)F)c1. The minimum absolute atomic E-state index is 0.224. The Balaban J connectivity index is 2.23. The number of benzene rings is 2. The summed E-state index contributed by atoms with van der Waals surface area (Å²) in [7, 11) is 0. The Morgan fingerprint density at radius 1 is 1.19 bits per heavy atom. The van der Waals surface area contributed by atoms with Crippen molar-refractivity contribution < 1.29 is 32.4 Å². The summed E-state index contributed by atoms with van der Waals surface area (Å²) in [5, 5.41) is 23.1. The summed E-state index contributed by atoms with van der Waals surface area (Å²) in [6.07, 6.45) is -5.22. The number of nitrogens with one attached hydrogen (secondary N) is 1. The van der Waals surface area contributed by atoms with Gasteiger partial charge < -0.3 is 10.4 Å². The second kappa shape index (κ2) is 7.31. The van der Waals surface area contributed by atoms with Crippen LogP contribution in [-0.4, -0.2) is 21.5 Å². The van der Waals surface area contributed by atoms with Crippen molar-refractivity contribution in [2.24, 2.45) is 0 Å². The van der Waals surface area contributed by atoms with Crippen LogP contribution in [0.25, 0.3) is 0 Å². The topological polar surface area (TPSA) is 92.5 Å². The molecule has 144 valence electrons. The molecule has 10 heteroatoms. The highest BCUT2D eigenvalue weighted by Gasteiger charge is 2.39. The zero-order chi connectivity index (χ0) is 20.4. The number of carbonyl (C=O) groups is 1. The van der Waals surface area contributed by atoms with Crippen molar-refractivity contribution in [3.05, 3.63) is 69.5 Å². The van der Waals surface area contributed by atoms with Gasteiger partial charge in [0, 0.05) is 18.2 Å². The van der Waals surface area contributed by atoms with Crippen LogP contribution in [0.1, 0.15) is 18.1 Å². The first-order valence-corrected chi connectivity index (χ1v) is 7.54. The molecule has 2 rings (SSSR count).